The molecule has 0 radical (unpaired) electrons. The van der Waals surface area contributed by atoms with Gasteiger partial charge in [-0.2, -0.15) is 5.10 Å². The molecular formula is C15H17ClN4O. The van der Waals surface area contributed by atoms with E-state index in [9.17, 15) is 4.79 Å². The third kappa shape index (κ3) is 2.27. The Labute approximate surface area is 127 Å². The summed E-state index contributed by atoms with van der Waals surface area (Å²) in [6.07, 6.45) is 2.57. The summed E-state index contributed by atoms with van der Waals surface area (Å²) in [6.45, 7) is 0. The van der Waals surface area contributed by atoms with Crippen LogP contribution in [0.15, 0.2) is 18.2 Å². The number of nitrogen functional groups attached to an aromatic ring is 1. The van der Waals surface area contributed by atoms with Crippen LogP contribution in [0.5, 0.6) is 0 Å². The van der Waals surface area contributed by atoms with Gasteiger partial charge in [-0.3, -0.25) is 9.48 Å². The molecule has 21 heavy (non-hydrogen) atoms. The highest BCUT2D eigenvalue weighted by atomic mass is 35.5. The highest BCUT2D eigenvalue weighted by molar-refractivity contribution is 6.31. The number of nitrogens with zero attached hydrogens (tertiary/aromatic N) is 2. The van der Waals surface area contributed by atoms with Crippen LogP contribution in [0.4, 0.5) is 5.82 Å². The second-order valence-corrected chi connectivity index (χ2v) is 5.86. The maximum absolute atomic E-state index is 11.7. The van der Waals surface area contributed by atoms with Crippen LogP contribution in [0.3, 0.4) is 0 Å². The van der Waals surface area contributed by atoms with Crippen molar-refractivity contribution in [2.45, 2.75) is 25.2 Å². The van der Waals surface area contributed by atoms with Crippen LogP contribution in [0.2, 0.25) is 5.02 Å². The fraction of sp³-hybridized carbons (Fsp3) is 0.333. The molecule has 0 fully saturated rings. The number of aryl methyl sites for hydroxylation is 2. The van der Waals surface area contributed by atoms with Gasteiger partial charge in [0.2, 0.25) is 0 Å². The Balaban J connectivity index is 2.02. The third-order valence-corrected chi connectivity index (χ3v) is 4.53. The fourth-order valence-electron chi connectivity index (χ4n) is 3.07. The summed E-state index contributed by atoms with van der Waals surface area (Å²) in [4.78, 5) is 11.7. The van der Waals surface area contributed by atoms with Gasteiger partial charge >= 0.3 is 0 Å². The molecule has 4 N–H and O–H groups in total. The number of hydrogen-bond donors (Lipinski definition) is 2. The molecule has 1 aliphatic carbocycles. The molecule has 110 valence electrons. The van der Waals surface area contributed by atoms with E-state index >= 15 is 0 Å². The number of halogens is 1. The first-order chi connectivity index (χ1) is 9.99. The van der Waals surface area contributed by atoms with Gasteiger partial charge in [0.25, 0.3) is 5.91 Å². The molecule has 5 nitrogen and oxygen atoms in total. The van der Waals surface area contributed by atoms with E-state index < -0.39 is 5.91 Å². The number of nitrogens with two attached hydrogens (primary N) is 2. The highest BCUT2D eigenvalue weighted by Gasteiger charge is 2.29. The quantitative estimate of drug-likeness (QED) is 0.890. The second-order valence-electron chi connectivity index (χ2n) is 5.45. The summed E-state index contributed by atoms with van der Waals surface area (Å²) in [5.41, 5.74) is 14.8. The normalized spacial score (nSPS) is 17.5. The van der Waals surface area contributed by atoms with Gasteiger partial charge in [0.15, 0.2) is 0 Å². The van der Waals surface area contributed by atoms with Crippen molar-refractivity contribution in [1.82, 2.24) is 9.78 Å². The minimum Gasteiger partial charge on any atom is -0.383 e. The number of carbonyl (C=O) groups is 1. The lowest BCUT2D eigenvalue weighted by molar-refractivity contribution is 0.0999. The maximum atomic E-state index is 11.7. The van der Waals surface area contributed by atoms with Gasteiger partial charge in [0.05, 0.1) is 5.69 Å². The van der Waals surface area contributed by atoms with E-state index in [0.717, 1.165) is 29.8 Å². The van der Waals surface area contributed by atoms with Crippen molar-refractivity contribution < 1.29 is 4.79 Å². The van der Waals surface area contributed by atoms with Gasteiger partial charge in [-0.05, 0) is 36.5 Å². The minimum atomic E-state index is -0.527. The Morgan fingerprint density at radius 3 is 2.95 bits per heavy atom. The van der Waals surface area contributed by atoms with Crippen LogP contribution in [0.25, 0.3) is 0 Å². The largest absolute Gasteiger partial charge is 0.383 e. The number of benzene rings is 1. The van der Waals surface area contributed by atoms with Gasteiger partial charge in [-0.1, -0.05) is 23.7 Å². The van der Waals surface area contributed by atoms with Crippen LogP contribution in [0.1, 0.15) is 39.5 Å². The van der Waals surface area contributed by atoms with E-state index in [0.29, 0.717) is 17.1 Å². The number of anilines is 1. The summed E-state index contributed by atoms with van der Waals surface area (Å²) < 4.78 is 1.51. The van der Waals surface area contributed by atoms with Crippen molar-refractivity contribution in [3.63, 3.8) is 0 Å². The first kappa shape index (κ1) is 13.9. The van der Waals surface area contributed by atoms with Crippen LogP contribution in [-0.2, 0) is 19.9 Å². The highest BCUT2D eigenvalue weighted by Crippen LogP contribution is 2.37. The summed E-state index contributed by atoms with van der Waals surface area (Å²) >= 11 is 6.29. The molecule has 1 atom stereocenters. The van der Waals surface area contributed by atoms with E-state index in [4.69, 9.17) is 23.1 Å². The number of amides is 1. The molecule has 0 spiro atoms. The van der Waals surface area contributed by atoms with Gasteiger partial charge < -0.3 is 11.5 Å². The molecule has 1 heterocycles. The molecule has 1 aromatic carbocycles. The second kappa shape index (κ2) is 5.07. The van der Waals surface area contributed by atoms with Gasteiger partial charge in [0.1, 0.15) is 11.4 Å². The van der Waals surface area contributed by atoms with E-state index in [1.807, 2.05) is 12.1 Å². The fourth-order valence-corrected chi connectivity index (χ4v) is 3.35. The molecule has 2 aromatic rings. The van der Waals surface area contributed by atoms with Crippen molar-refractivity contribution in [3.05, 3.63) is 45.6 Å². The molecule has 0 bridgehead atoms. The number of fused-ring (bicyclic) bond motifs is 1. The zero-order valence-electron chi connectivity index (χ0n) is 11.8. The van der Waals surface area contributed by atoms with Crippen molar-refractivity contribution in [2.24, 2.45) is 12.8 Å². The van der Waals surface area contributed by atoms with E-state index in [1.54, 1.807) is 7.05 Å². The average molecular weight is 305 g/mol. The number of rotatable bonds is 2. The lowest BCUT2D eigenvalue weighted by Gasteiger charge is -2.24. The monoisotopic (exact) mass is 304 g/mol. The Morgan fingerprint density at radius 2 is 2.24 bits per heavy atom. The molecule has 0 saturated heterocycles. The lowest BCUT2D eigenvalue weighted by Crippen LogP contribution is -2.19. The number of carbonyl (C=O) groups excluding carboxylic acids is 1. The average Bonchev–Trinajstić information content (AvgIpc) is 2.75. The van der Waals surface area contributed by atoms with Crippen LogP contribution >= 0.6 is 11.6 Å². The minimum absolute atomic E-state index is 0.114. The van der Waals surface area contributed by atoms with Crippen molar-refractivity contribution in [2.75, 3.05) is 5.73 Å². The molecule has 1 aromatic heterocycles. The SMILES string of the molecule is Cn1nc(C2CCc3cccc(Cl)c3C2)c(C(N)=O)c1N. The Kier molecular flexibility index (Phi) is 3.37. The zero-order chi connectivity index (χ0) is 15.1. The Hall–Kier alpha value is -2.01. The van der Waals surface area contributed by atoms with Crippen LogP contribution < -0.4 is 11.5 Å². The van der Waals surface area contributed by atoms with Crippen LogP contribution in [-0.4, -0.2) is 15.7 Å². The standard InChI is InChI=1S/C15H17ClN4O/c1-20-14(17)12(15(18)21)13(19-20)9-6-5-8-3-2-4-11(16)10(8)7-9/h2-4,9H,5-7,17H2,1H3,(H2,18,21). The maximum Gasteiger partial charge on any atom is 0.254 e. The molecule has 3 rings (SSSR count). The first-order valence-corrected chi connectivity index (χ1v) is 7.25. The molecule has 1 unspecified atom stereocenters. The number of hydrogen-bond acceptors (Lipinski definition) is 3. The Morgan fingerprint density at radius 1 is 1.48 bits per heavy atom. The molecule has 6 heteroatoms. The number of primary amides is 1. The van der Waals surface area contributed by atoms with Crippen LogP contribution in [0, 0.1) is 0 Å². The van der Waals surface area contributed by atoms with Gasteiger partial charge in [0, 0.05) is 18.0 Å². The van der Waals surface area contributed by atoms with E-state index in [1.165, 1.54) is 10.2 Å². The summed E-state index contributed by atoms with van der Waals surface area (Å²) in [5, 5.41) is 5.17. The smallest absolute Gasteiger partial charge is 0.254 e. The zero-order valence-corrected chi connectivity index (χ0v) is 12.5. The van der Waals surface area contributed by atoms with Crippen molar-refractivity contribution in [1.29, 1.82) is 0 Å². The van der Waals surface area contributed by atoms with E-state index in [-0.39, 0.29) is 5.92 Å². The molecule has 1 aliphatic rings. The van der Waals surface area contributed by atoms with Gasteiger partial charge in [-0.25, -0.2) is 0 Å². The van der Waals surface area contributed by atoms with Crippen molar-refractivity contribution in [3.8, 4) is 0 Å². The van der Waals surface area contributed by atoms with Gasteiger partial charge in [-0.15, -0.1) is 0 Å². The summed E-state index contributed by atoms with van der Waals surface area (Å²) in [5.74, 6) is -0.0913. The third-order valence-electron chi connectivity index (χ3n) is 4.18. The summed E-state index contributed by atoms with van der Waals surface area (Å²) in [6, 6.07) is 5.96. The summed E-state index contributed by atoms with van der Waals surface area (Å²) in [7, 11) is 1.72. The van der Waals surface area contributed by atoms with E-state index in [2.05, 4.69) is 11.2 Å². The number of aromatic nitrogens is 2. The first-order valence-electron chi connectivity index (χ1n) is 6.87. The molecule has 0 saturated carbocycles. The predicted molar refractivity (Wildman–Crippen MR) is 82.4 cm³/mol. The molecular weight excluding hydrogens is 288 g/mol. The molecule has 0 aliphatic heterocycles. The molecule has 1 amide bonds. The van der Waals surface area contributed by atoms with Crippen molar-refractivity contribution >= 4 is 23.3 Å². The topological polar surface area (TPSA) is 86.9 Å². The predicted octanol–water partition coefficient (Wildman–Crippen LogP) is 2.03. The lowest BCUT2D eigenvalue weighted by atomic mass is 9.81. The Bertz CT molecular complexity index is 723.